The van der Waals surface area contributed by atoms with E-state index >= 15 is 0 Å². The minimum Gasteiger partial charge on any atom is -0.478 e. The molecule has 2 aromatic rings. The van der Waals surface area contributed by atoms with Crippen molar-refractivity contribution >= 4 is 11.5 Å². The van der Waals surface area contributed by atoms with Crippen LogP contribution >= 0.6 is 0 Å². The van der Waals surface area contributed by atoms with Gasteiger partial charge in [-0.05, 0) is 25.1 Å². The van der Waals surface area contributed by atoms with Crippen molar-refractivity contribution in [1.29, 1.82) is 0 Å². The van der Waals surface area contributed by atoms with Crippen molar-refractivity contribution in [2.24, 2.45) is 0 Å². The molecule has 13 heavy (non-hydrogen) atoms. The van der Waals surface area contributed by atoms with Gasteiger partial charge in [-0.1, -0.05) is 0 Å². The second-order valence-electron chi connectivity index (χ2n) is 2.81. The lowest BCUT2D eigenvalue weighted by molar-refractivity contribution is 0.0695. The molecule has 0 saturated carbocycles. The van der Waals surface area contributed by atoms with Gasteiger partial charge in [0.05, 0.1) is 16.8 Å². The summed E-state index contributed by atoms with van der Waals surface area (Å²) in [7, 11) is 0. The van der Waals surface area contributed by atoms with Gasteiger partial charge in [-0.2, -0.15) is 5.10 Å². The van der Waals surface area contributed by atoms with Gasteiger partial charge >= 0.3 is 5.97 Å². The fraction of sp³-hybridized carbons (Fsp3) is 0.111. The molecule has 1 N–H and O–H groups in total. The molecule has 4 heteroatoms. The third kappa shape index (κ3) is 1.07. The molecule has 0 amide bonds. The zero-order valence-electron chi connectivity index (χ0n) is 7.06. The highest BCUT2D eigenvalue weighted by atomic mass is 16.4. The summed E-state index contributed by atoms with van der Waals surface area (Å²) in [4.78, 5) is 10.7. The molecule has 0 aromatic carbocycles. The van der Waals surface area contributed by atoms with Crippen molar-refractivity contribution in [3.8, 4) is 0 Å². The number of carboxylic acids is 1. The van der Waals surface area contributed by atoms with E-state index in [1.807, 2.05) is 6.07 Å². The van der Waals surface area contributed by atoms with Gasteiger partial charge in [0.15, 0.2) is 0 Å². The van der Waals surface area contributed by atoms with Gasteiger partial charge in [0.2, 0.25) is 0 Å². The molecule has 0 aliphatic carbocycles. The Kier molecular flexibility index (Phi) is 1.55. The predicted octanol–water partition coefficient (Wildman–Crippen LogP) is 1.34. The van der Waals surface area contributed by atoms with Crippen LogP contribution in [0.2, 0.25) is 0 Å². The molecule has 2 heterocycles. The van der Waals surface area contributed by atoms with Crippen LogP contribution in [-0.2, 0) is 0 Å². The number of aromatic carboxylic acids is 1. The maximum atomic E-state index is 10.7. The van der Waals surface area contributed by atoms with Crippen LogP contribution in [-0.4, -0.2) is 20.7 Å². The zero-order valence-corrected chi connectivity index (χ0v) is 7.06. The Morgan fingerprint density at radius 2 is 2.23 bits per heavy atom. The number of carboxylic acid groups (broad SMARTS) is 1. The average Bonchev–Trinajstić information content (AvgIpc) is 2.52. The summed E-state index contributed by atoms with van der Waals surface area (Å²) in [6.07, 6.45) is 1.65. The number of carbonyl (C=O) groups is 1. The zero-order chi connectivity index (χ0) is 9.42. The second-order valence-corrected chi connectivity index (χ2v) is 2.81. The molecule has 0 aliphatic heterocycles. The normalized spacial score (nSPS) is 10.5. The number of aryl methyl sites for hydroxylation is 1. The maximum absolute atomic E-state index is 10.7. The van der Waals surface area contributed by atoms with E-state index in [4.69, 9.17) is 5.11 Å². The lowest BCUT2D eigenvalue weighted by Crippen LogP contribution is -2.04. The van der Waals surface area contributed by atoms with E-state index in [9.17, 15) is 4.79 Å². The SMILES string of the molecule is Cc1c(C(=O)O)ccc2ccnn12. The molecule has 0 saturated heterocycles. The third-order valence-electron chi connectivity index (χ3n) is 2.03. The number of rotatable bonds is 1. The van der Waals surface area contributed by atoms with E-state index in [-0.39, 0.29) is 5.56 Å². The molecular formula is C9H8N2O2. The quantitative estimate of drug-likeness (QED) is 0.713. The Balaban J connectivity index is 2.80. The molecule has 0 fully saturated rings. The molecule has 0 spiro atoms. The van der Waals surface area contributed by atoms with Gasteiger partial charge in [-0.15, -0.1) is 0 Å². The Morgan fingerprint density at radius 3 is 2.92 bits per heavy atom. The predicted molar refractivity (Wildman–Crippen MR) is 46.9 cm³/mol. The Morgan fingerprint density at radius 1 is 1.46 bits per heavy atom. The van der Waals surface area contributed by atoms with Crippen LogP contribution in [0.15, 0.2) is 24.4 Å². The summed E-state index contributed by atoms with van der Waals surface area (Å²) in [6, 6.07) is 5.16. The second kappa shape index (κ2) is 2.58. The summed E-state index contributed by atoms with van der Waals surface area (Å²) in [6.45, 7) is 1.74. The molecule has 66 valence electrons. The molecule has 0 unspecified atom stereocenters. The molecule has 0 aliphatic rings. The number of hydrogen-bond donors (Lipinski definition) is 1. The van der Waals surface area contributed by atoms with Crippen molar-refractivity contribution in [2.45, 2.75) is 6.92 Å². The highest BCUT2D eigenvalue weighted by Crippen LogP contribution is 2.11. The molecule has 2 rings (SSSR count). The smallest absolute Gasteiger partial charge is 0.337 e. The van der Waals surface area contributed by atoms with E-state index in [2.05, 4.69) is 5.10 Å². The van der Waals surface area contributed by atoms with Crippen molar-refractivity contribution in [3.05, 3.63) is 35.7 Å². The summed E-state index contributed by atoms with van der Waals surface area (Å²) >= 11 is 0. The number of hydrogen-bond acceptors (Lipinski definition) is 2. The van der Waals surface area contributed by atoms with Crippen LogP contribution < -0.4 is 0 Å². The van der Waals surface area contributed by atoms with Gasteiger partial charge < -0.3 is 5.11 Å². The standard InChI is InChI=1S/C9H8N2O2/c1-6-8(9(12)13)3-2-7-4-5-10-11(6)7/h2-5H,1H3,(H,12,13). The van der Waals surface area contributed by atoms with Crippen LogP contribution in [0.5, 0.6) is 0 Å². The highest BCUT2D eigenvalue weighted by molar-refractivity contribution is 5.89. The summed E-state index contributed by atoms with van der Waals surface area (Å²) in [5, 5.41) is 12.8. The molecular weight excluding hydrogens is 168 g/mol. The largest absolute Gasteiger partial charge is 0.478 e. The van der Waals surface area contributed by atoms with Gasteiger partial charge in [-0.3, -0.25) is 0 Å². The fourth-order valence-electron chi connectivity index (χ4n) is 1.35. The van der Waals surface area contributed by atoms with Crippen molar-refractivity contribution < 1.29 is 9.90 Å². The third-order valence-corrected chi connectivity index (χ3v) is 2.03. The molecule has 2 aromatic heterocycles. The fourth-order valence-corrected chi connectivity index (χ4v) is 1.35. The Hall–Kier alpha value is -1.84. The van der Waals surface area contributed by atoms with Crippen molar-refractivity contribution in [2.75, 3.05) is 0 Å². The topological polar surface area (TPSA) is 54.6 Å². The van der Waals surface area contributed by atoms with Crippen LogP contribution in [0.25, 0.3) is 5.52 Å². The summed E-state index contributed by atoms with van der Waals surface area (Å²) in [5.41, 5.74) is 1.84. The van der Waals surface area contributed by atoms with E-state index in [0.29, 0.717) is 5.69 Å². The van der Waals surface area contributed by atoms with Crippen LogP contribution in [0, 0.1) is 6.92 Å². The summed E-state index contributed by atoms with van der Waals surface area (Å²) in [5.74, 6) is -0.921. The lowest BCUT2D eigenvalue weighted by atomic mass is 10.2. The van der Waals surface area contributed by atoms with Crippen LogP contribution in [0.1, 0.15) is 16.1 Å². The van der Waals surface area contributed by atoms with Crippen LogP contribution in [0.3, 0.4) is 0 Å². The monoisotopic (exact) mass is 176 g/mol. The van der Waals surface area contributed by atoms with E-state index in [1.165, 1.54) is 0 Å². The maximum Gasteiger partial charge on any atom is 0.337 e. The minimum atomic E-state index is -0.921. The van der Waals surface area contributed by atoms with Gasteiger partial charge in [-0.25, -0.2) is 9.31 Å². The molecule has 0 atom stereocenters. The van der Waals surface area contributed by atoms with Gasteiger partial charge in [0.1, 0.15) is 0 Å². The van der Waals surface area contributed by atoms with E-state index < -0.39 is 5.97 Å². The van der Waals surface area contributed by atoms with Crippen molar-refractivity contribution in [1.82, 2.24) is 9.61 Å². The number of fused-ring (bicyclic) bond motifs is 1. The number of aromatic nitrogens is 2. The van der Waals surface area contributed by atoms with E-state index in [0.717, 1.165) is 5.52 Å². The first kappa shape index (κ1) is 7.79. The average molecular weight is 176 g/mol. The van der Waals surface area contributed by atoms with Crippen molar-refractivity contribution in [3.63, 3.8) is 0 Å². The van der Waals surface area contributed by atoms with Crippen LogP contribution in [0.4, 0.5) is 0 Å². The first-order chi connectivity index (χ1) is 6.20. The summed E-state index contributed by atoms with van der Waals surface area (Å²) < 4.78 is 1.61. The molecule has 0 bridgehead atoms. The molecule has 4 nitrogen and oxygen atoms in total. The number of nitrogens with zero attached hydrogens (tertiary/aromatic N) is 2. The number of pyridine rings is 1. The van der Waals surface area contributed by atoms with Gasteiger partial charge in [0.25, 0.3) is 0 Å². The first-order valence-electron chi connectivity index (χ1n) is 3.87. The Bertz CT molecular complexity index is 473. The van der Waals surface area contributed by atoms with Gasteiger partial charge in [0, 0.05) is 6.20 Å². The first-order valence-corrected chi connectivity index (χ1v) is 3.87. The molecule has 0 radical (unpaired) electrons. The highest BCUT2D eigenvalue weighted by Gasteiger charge is 2.09. The Labute approximate surface area is 74.4 Å². The minimum absolute atomic E-state index is 0.288. The van der Waals surface area contributed by atoms with E-state index in [1.54, 1.807) is 29.8 Å². The lowest BCUT2D eigenvalue weighted by Gasteiger charge is -2.02.